The third kappa shape index (κ3) is 4.13. The number of nitrogens with one attached hydrogen (secondary N) is 1. The van der Waals surface area contributed by atoms with Gasteiger partial charge in [0.15, 0.2) is 0 Å². The molecule has 0 unspecified atom stereocenters. The van der Waals surface area contributed by atoms with Crippen molar-refractivity contribution in [2.75, 3.05) is 19.4 Å². The van der Waals surface area contributed by atoms with Gasteiger partial charge in [0.1, 0.15) is 5.76 Å². The number of nitrogens with zero attached hydrogens (tertiary/aromatic N) is 2. The van der Waals surface area contributed by atoms with Crippen molar-refractivity contribution in [1.29, 1.82) is 0 Å². The van der Waals surface area contributed by atoms with Gasteiger partial charge in [0.05, 0.1) is 10.6 Å². The molecule has 7 nitrogen and oxygen atoms in total. The molecule has 1 aromatic carbocycles. The highest BCUT2D eigenvalue weighted by Crippen LogP contribution is 2.26. The smallest absolute Gasteiger partial charge is 0.242 e. The molecule has 0 spiro atoms. The maximum absolute atomic E-state index is 12.4. The minimum atomic E-state index is -3.57. The number of carbonyl (C=O) groups is 1. The molecular formula is C18H25N3O4S. The number of anilines is 1. The van der Waals surface area contributed by atoms with Crippen molar-refractivity contribution in [2.45, 2.75) is 45.4 Å². The van der Waals surface area contributed by atoms with Crippen molar-refractivity contribution in [3.63, 3.8) is 0 Å². The summed E-state index contributed by atoms with van der Waals surface area (Å²) in [5, 5.41) is 6.71. The van der Waals surface area contributed by atoms with Crippen LogP contribution in [-0.4, -0.2) is 37.9 Å². The Labute approximate surface area is 154 Å². The summed E-state index contributed by atoms with van der Waals surface area (Å²) in [7, 11) is -0.615. The summed E-state index contributed by atoms with van der Waals surface area (Å²) in [4.78, 5) is 12.5. The van der Waals surface area contributed by atoms with E-state index in [9.17, 15) is 13.2 Å². The molecule has 0 saturated carbocycles. The van der Waals surface area contributed by atoms with Gasteiger partial charge in [-0.3, -0.25) is 4.79 Å². The molecular weight excluding hydrogens is 354 g/mol. The predicted molar refractivity (Wildman–Crippen MR) is 99.7 cm³/mol. The Balaban J connectivity index is 2.20. The summed E-state index contributed by atoms with van der Waals surface area (Å²) < 4.78 is 31.0. The van der Waals surface area contributed by atoms with E-state index in [4.69, 9.17) is 4.52 Å². The molecule has 2 rings (SSSR count). The molecule has 0 radical (unpaired) electrons. The average molecular weight is 379 g/mol. The van der Waals surface area contributed by atoms with Crippen molar-refractivity contribution >= 4 is 21.6 Å². The summed E-state index contributed by atoms with van der Waals surface area (Å²) in [5.41, 5.74) is 3.86. The Morgan fingerprint density at radius 2 is 1.85 bits per heavy atom. The minimum Gasteiger partial charge on any atom is -0.361 e. The van der Waals surface area contributed by atoms with Crippen LogP contribution in [-0.2, 0) is 21.2 Å². The van der Waals surface area contributed by atoms with E-state index in [1.807, 2.05) is 27.7 Å². The number of amides is 1. The van der Waals surface area contributed by atoms with Gasteiger partial charge in [-0.1, -0.05) is 5.16 Å². The molecule has 0 fully saturated rings. The molecule has 1 N–H and O–H groups in total. The van der Waals surface area contributed by atoms with Crippen LogP contribution in [0.3, 0.4) is 0 Å². The first-order valence-corrected chi connectivity index (χ1v) is 9.73. The Morgan fingerprint density at radius 3 is 2.38 bits per heavy atom. The van der Waals surface area contributed by atoms with Crippen LogP contribution in [0.4, 0.5) is 5.69 Å². The molecule has 0 bridgehead atoms. The van der Waals surface area contributed by atoms with Crippen LogP contribution in [0.5, 0.6) is 0 Å². The lowest BCUT2D eigenvalue weighted by molar-refractivity contribution is -0.116. The molecule has 1 amide bonds. The highest BCUT2D eigenvalue weighted by molar-refractivity contribution is 7.89. The number of aromatic nitrogens is 1. The monoisotopic (exact) mass is 379 g/mol. The first kappa shape index (κ1) is 20.1. The van der Waals surface area contributed by atoms with E-state index in [0.29, 0.717) is 17.9 Å². The molecule has 1 aromatic heterocycles. The molecule has 142 valence electrons. The SMILES string of the molecule is Cc1cc(S(=O)(=O)N(C)C)cc(NC(=O)CCc2c(C)noc2C)c1C. The molecule has 0 aliphatic rings. The maximum Gasteiger partial charge on any atom is 0.242 e. The molecule has 0 saturated heterocycles. The summed E-state index contributed by atoms with van der Waals surface area (Å²) >= 11 is 0. The number of hydrogen-bond acceptors (Lipinski definition) is 5. The second-order valence-electron chi connectivity index (χ2n) is 6.55. The van der Waals surface area contributed by atoms with E-state index in [2.05, 4.69) is 10.5 Å². The van der Waals surface area contributed by atoms with Gasteiger partial charge >= 0.3 is 0 Å². The minimum absolute atomic E-state index is 0.159. The van der Waals surface area contributed by atoms with Crippen molar-refractivity contribution in [3.8, 4) is 0 Å². The maximum atomic E-state index is 12.4. The van der Waals surface area contributed by atoms with Gasteiger partial charge in [-0.2, -0.15) is 0 Å². The quantitative estimate of drug-likeness (QED) is 0.833. The van der Waals surface area contributed by atoms with Gasteiger partial charge in [0, 0.05) is 31.8 Å². The van der Waals surface area contributed by atoms with Crippen LogP contribution < -0.4 is 5.32 Å². The Bertz CT molecular complexity index is 911. The first-order valence-electron chi connectivity index (χ1n) is 8.29. The highest BCUT2D eigenvalue weighted by Gasteiger charge is 2.20. The highest BCUT2D eigenvalue weighted by atomic mass is 32.2. The van der Waals surface area contributed by atoms with E-state index in [1.165, 1.54) is 20.2 Å². The molecule has 2 aromatic rings. The third-order valence-electron chi connectivity index (χ3n) is 4.48. The lowest BCUT2D eigenvalue weighted by atomic mass is 10.1. The number of sulfonamides is 1. The fourth-order valence-corrected chi connectivity index (χ4v) is 3.64. The van der Waals surface area contributed by atoms with Gasteiger partial charge in [0.2, 0.25) is 15.9 Å². The zero-order chi connectivity index (χ0) is 19.6. The number of hydrogen-bond donors (Lipinski definition) is 1. The lowest BCUT2D eigenvalue weighted by Crippen LogP contribution is -2.23. The Hall–Kier alpha value is -2.19. The van der Waals surface area contributed by atoms with E-state index < -0.39 is 10.0 Å². The average Bonchev–Trinajstić information content (AvgIpc) is 2.87. The Morgan fingerprint density at radius 1 is 1.19 bits per heavy atom. The van der Waals surface area contributed by atoms with Crippen LogP contribution in [0.2, 0.25) is 0 Å². The van der Waals surface area contributed by atoms with Crippen LogP contribution >= 0.6 is 0 Å². The molecule has 1 heterocycles. The van der Waals surface area contributed by atoms with Crippen molar-refractivity contribution in [1.82, 2.24) is 9.46 Å². The second kappa shape index (κ2) is 7.59. The molecule has 8 heteroatoms. The van der Waals surface area contributed by atoms with Crippen molar-refractivity contribution < 1.29 is 17.7 Å². The topological polar surface area (TPSA) is 92.5 Å². The molecule has 0 aliphatic carbocycles. The fourth-order valence-electron chi connectivity index (χ4n) is 2.63. The standard InChI is InChI=1S/C18H25N3O4S/c1-11-9-15(26(23,24)21(5)6)10-17(12(11)2)19-18(22)8-7-16-13(3)20-25-14(16)4/h9-10H,7-8H2,1-6H3,(H,19,22). The van der Waals surface area contributed by atoms with Gasteiger partial charge in [-0.15, -0.1) is 0 Å². The third-order valence-corrected chi connectivity index (χ3v) is 6.27. The largest absolute Gasteiger partial charge is 0.361 e. The van der Waals surface area contributed by atoms with Crippen molar-refractivity contribution in [3.05, 3.63) is 40.3 Å². The Kier molecular flexibility index (Phi) is 5.87. The van der Waals surface area contributed by atoms with Crippen LogP contribution in [0, 0.1) is 27.7 Å². The summed E-state index contributed by atoms with van der Waals surface area (Å²) in [6.45, 7) is 7.33. The summed E-state index contributed by atoms with van der Waals surface area (Å²) in [6, 6.07) is 3.12. The van der Waals surface area contributed by atoms with E-state index in [1.54, 1.807) is 6.07 Å². The first-order chi connectivity index (χ1) is 12.0. The summed E-state index contributed by atoms with van der Waals surface area (Å²) in [6.07, 6.45) is 0.771. The number of rotatable bonds is 6. The van der Waals surface area contributed by atoms with Crippen LogP contribution in [0.1, 0.15) is 34.6 Å². The zero-order valence-electron chi connectivity index (χ0n) is 16.0. The summed E-state index contributed by atoms with van der Waals surface area (Å²) in [5.74, 6) is 0.522. The van der Waals surface area contributed by atoms with Gasteiger partial charge in [0.25, 0.3) is 0 Å². The molecule has 0 atom stereocenters. The van der Waals surface area contributed by atoms with Crippen LogP contribution in [0.25, 0.3) is 0 Å². The number of aryl methyl sites for hydroxylation is 3. The molecule has 26 heavy (non-hydrogen) atoms. The predicted octanol–water partition coefficient (Wildman–Crippen LogP) is 2.73. The number of carbonyl (C=O) groups excluding carboxylic acids is 1. The second-order valence-corrected chi connectivity index (χ2v) is 8.70. The van der Waals surface area contributed by atoms with Gasteiger partial charge < -0.3 is 9.84 Å². The number of benzene rings is 1. The van der Waals surface area contributed by atoms with E-state index >= 15 is 0 Å². The zero-order valence-corrected chi connectivity index (χ0v) is 16.8. The van der Waals surface area contributed by atoms with Crippen LogP contribution in [0.15, 0.2) is 21.6 Å². The fraction of sp³-hybridized carbons (Fsp3) is 0.444. The van der Waals surface area contributed by atoms with Gasteiger partial charge in [-0.25, -0.2) is 12.7 Å². The lowest BCUT2D eigenvalue weighted by Gasteiger charge is -2.16. The van der Waals surface area contributed by atoms with E-state index in [-0.39, 0.29) is 17.2 Å². The molecule has 0 aliphatic heterocycles. The van der Waals surface area contributed by atoms with E-state index in [0.717, 1.165) is 26.7 Å². The van der Waals surface area contributed by atoms with Crippen molar-refractivity contribution in [2.24, 2.45) is 0 Å². The van der Waals surface area contributed by atoms with Gasteiger partial charge in [-0.05, 0) is 57.4 Å². The normalized spacial score (nSPS) is 11.8.